The van der Waals surface area contributed by atoms with Crippen molar-refractivity contribution in [2.75, 3.05) is 31.1 Å². The molecule has 1 aliphatic rings. The van der Waals surface area contributed by atoms with Gasteiger partial charge in [0, 0.05) is 36.4 Å². The number of anilines is 1. The molecule has 1 heterocycles. The molecule has 0 saturated carbocycles. The largest absolute Gasteiger partial charge is 0.377 e. The summed E-state index contributed by atoms with van der Waals surface area (Å²) in [5.74, 6) is 0. The zero-order valence-corrected chi connectivity index (χ0v) is 14.1. The molecule has 1 fully saturated rings. The van der Waals surface area contributed by atoms with Crippen LogP contribution in [0.1, 0.15) is 32.3 Å². The summed E-state index contributed by atoms with van der Waals surface area (Å²) >= 11 is 3.69. The van der Waals surface area contributed by atoms with Gasteiger partial charge in [0.25, 0.3) is 0 Å². The second-order valence-electron chi connectivity index (χ2n) is 5.22. The Bertz CT molecular complexity index is 423. The summed E-state index contributed by atoms with van der Waals surface area (Å²) in [6.45, 7) is 9.06. The van der Waals surface area contributed by atoms with E-state index in [9.17, 15) is 0 Å². The van der Waals surface area contributed by atoms with Crippen LogP contribution >= 0.6 is 15.9 Å². The van der Waals surface area contributed by atoms with Crippen molar-refractivity contribution in [2.24, 2.45) is 0 Å². The maximum Gasteiger partial charge on any atom is 0.0750 e. The average molecular weight is 341 g/mol. The second-order valence-corrected chi connectivity index (χ2v) is 6.08. The molecule has 0 bridgehead atoms. The molecule has 0 aromatic heterocycles. The predicted octanol–water partition coefficient (Wildman–Crippen LogP) is 3.56. The number of ether oxygens (including phenoxy) is 1. The zero-order chi connectivity index (χ0) is 14.4. The van der Waals surface area contributed by atoms with E-state index in [1.807, 2.05) is 0 Å². The van der Waals surface area contributed by atoms with E-state index in [0.717, 1.165) is 32.8 Å². The molecule has 112 valence electrons. The number of hydrogen-bond acceptors (Lipinski definition) is 3. The third-order valence-electron chi connectivity index (χ3n) is 3.75. The molecule has 20 heavy (non-hydrogen) atoms. The number of halogens is 1. The summed E-state index contributed by atoms with van der Waals surface area (Å²) < 4.78 is 6.97. The molecule has 1 aromatic carbocycles. The van der Waals surface area contributed by atoms with Crippen LogP contribution in [0.3, 0.4) is 0 Å². The number of nitrogens with zero attached hydrogens (tertiary/aromatic N) is 1. The molecule has 1 saturated heterocycles. The lowest BCUT2D eigenvalue weighted by Crippen LogP contribution is -2.39. The van der Waals surface area contributed by atoms with E-state index in [4.69, 9.17) is 4.74 Å². The van der Waals surface area contributed by atoms with Gasteiger partial charge in [0.2, 0.25) is 0 Å². The van der Waals surface area contributed by atoms with Gasteiger partial charge in [-0.2, -0.15) is 0 Å². The highest BCUT2D eigenvalue weighted by Gasteiger charge is 2.20. The van der Waals surface area contributed by atoms with E-state index >= 15 is 0 Å². The number of benzene rings is 1. The smallest absolute Gasteiger partial charge is 0.0750 e. The topological polar surface area (TPSA) is 24.5 Å². The average Bonchev–Trinajstić information content (AvgIpc) is 2.46. The molecule has 0 radical (unpaired) electrons. The molecule has 3 nitrogen and oxygen atoms in total. The Morgan fingerprint density at radius 3 is 2.95 bits per heavy atom. The summed E-state index contributed by atoms with van der Waals surface area (Å²) in [5.41, 5.74) is 2.61. The highest BCUT2D eigenvalue weighted by Crippen LogP contribution is 2.27. The molecule has 4 heteroatoms. The lowest BCUT2D eigenvalue weighted by molar-refractivity contribution is 0.0527. The monoisotopic (exact) mass is 340 g/mol. The van der Waals surface area contributed by atoms with E-state index in [-0.39, 0.29) is 0 Å². The minimum absolute atomic E-state index is 0.383. The third-order valence-corrected chi connectivity index (χ3v) is 4.49. The van der Waals surface area contributed by atoms with Gasteiger partial charge in [0.15, 0.2) is 0 Å². The van der Waals surface area contributed by atoms with E-state index in [2.05, 4.69) is 58.2 Å². The van der Waals surface area contributed by atoms with Crippen LogP contribution in [0.25, 0.3) is 0 Å². The Morgan fingerprint density at radius 1 is 1.40 bits per heavy atom. The van der Waals surface area contributed by atoms with Gasteiger partial charge in [-0.3, -0.25) is 0 Å². The van der Waals surface area contributed by atoms with Gasteiger partial charge >= 0.3 is 0 Å². The number of nitrogens with one attached hydrogen (secondary N) is 1. The second kappa shape index (κ2) is 8.01. The van der Waals surface area contributed by atoms with Crippen molar-refractivity contribution >= 4 is 21.6 Å². The maximum atomic E-state index is 5.78. The first-order valence-electron chi connectivity index (χ1n) is 7.60. The number of rotatable bonds is 6. The quantitative estimate of drug-likeness (QED) is 0.856. The minimum atomic E-state index is 0.383. The molecule has 1 aliphatic heterocycles. The first kappa shape index (κ1) is 15.8. The van der Waals surface area contributed by atoms with Crippen LogP contribution in [0.4, 0.5) is 5.69 Å². The van der Waals surface area contributed by atoms with Crippen molar-refractivity contribution < 1.29 is 4.74 Å². The molecule has 1 aromatic rings. The molecule has 1 N–H and O–H groups in total. The molecular weight excluding hydrogens is 316 g/mol. The standard InChI is InChI=1S/C16H25BrN2O/c1-3-18-11-13-7-8-14(10-16(13)17)19-9-5-6-15(12-19)20-4-2/h7-8,10,15,18H,3-6,9,11-12H2,1-2H3. The fourth-order valence-electron chi connectivity index (χ4n) is 2.68. The van der Waals surface area contributed by atoms with Crippen LogP contribution in [-0.4, -0.2) is 32.3 Å². The fraction of sp³-hybridized carbons (Fsp3) is 0.625. The van der Waals surface area contributed by atoms with E-state index < -0.39 is 0 Å². The number of piperidine rings is 1. The van der Waals surface area contributed by atoms with Gasteiger partial charge in [0.05, 0.1) is 6.10 Å². The molecular formula is C16H25BrN2O. The summed E-state index contributed by atoms with van der Waals surface area (Å²) in [6, 6.07) is 6.68. The van der Waals surface area contributed by atoms with Gasteiger partial charge in [-0.15, -0.1) is 0 Å². The highest BCUT2D eigenvalue weighted by molar-refractivity contribution is 9.10. The normalized spacial score (nSPS) is 19.4. The lowest BCUT2D eigenvalue weighted by Gasteiger charge is -2.34. The van der Waals surface area contributed by atoms with Crippen LogP contribution in [0.15, 0.2) is 22.7 Å². The van der Waals surface area contributed by atoms with Crippen LogP contribution in [0.2, 0.25) is 0 Å². The van der Waals surface area contributed by atoms with E-state index in [0.29, 0.717) is 6.10 Å². The first-order chi connectivity index (χ1) is 9.74. The Morgan fingerprint density at radius 2 is 2.25 bits per heavy atom. The van der Waals surface area contributed by atoms with Crippen LogP contribution in [0.5, 0.6) is 0 Å². The van der Waals surface area contributed by atoms with Crippen molar-refractivity contribution in [3.63, 3.8) is 0 Å². The van der Waals surface area contributed by atoms with Gasteiger partial charge in [0.1, 0.15) is 0 Å². The van der Waals surface area contributed by atoms with Crippen molar-refractivity contribution in [2.45, 2.75) is 39.3 Å². The van der Waals surface area contributed by atoms with E-state index in [1.165, 1.54) is 28.6 Å². The van der Waals surface area contributed by atoms with Crippen LogP contribution < -0.4 is 10.2 Å². The van der Waals surface area contributed by atoms with E-state index in [1.54, 1.807) is 0 Å². The van der Waals surface area contributed by atoms with Crippen LogP contribution in [-0.2, 0) is 11.3 Å². The molecule has 0 aliphatic carbocycles. The highest BCUT2D eigenvalue weighted by atomic mass is 79.9. The Labute approximate surface area is 130 Å². The summed E-state index contributed by atoms with van der Waals surface area (Å²) in [6.07, 6.45) is 2.78. The first-order valence-corrected chi connectivity index (χ1v) is 8.39. The molecule has 1 atom stereocenters. The maximum absolute atomic E-state index is 5.78. The molecule has 0 spiro atoms. The Balaban J connectivity index is 2.03. The predicted molar refractivity (Wildman–Crippen MR) is 88.4 cm³/mol. The van der Waals surface area contributed by atoms with Gasteiger partial charge in [-0.05, 0) is 44.0 Å². The lowest BCUT2D eigenvalue weighted by atomic mass is 10.1. The zero-order valence-electron chi connectivity index (χ0n) is 12.5. The fourth-order valence-corrected chi connectivity index (χ4v) is 3.19. The molecule has 1 unspecified atom stereocenters. The Kier molecular flexibility index (Phi) is 6.33. The van der Waals surface area contributed by atoms with Crippen molar-refractivity contribution in [1.29, 1.82) is 0 Å². The van der Waals surface area contributed by atoms with Gasteiger partial charge in [-0.1, -0.05) is 28.9 Å². The summed E-state index contributed by atoms with van der Waals surface area (Å²) in [4.78, 5) is 2.44. The van der Waals surface area contributed by atoms with Gasteiger partial charge in [-0.25, -0.2) is 0 Å². The molecule has 0 amide bonds. The third kappa shape index (κ3) is 4.21. The van der Waals surface area contributed by atoms with Crippen molar-refractivity contribution in [1.82, 2.24) is 5.32 Å². The van der Waals surface area contributed by atoms with Crippen LogP contribution in [0, 0.1) is 0 Å². The summed E-state index contributed by atoms with van der Waals surface area (Å²) in [7, 11) is 0. The SMILES string of the molecule is CCNCc1ccc(N2CCCC(OCC)C2)cc1Br. The van der Waals surface area contributed by atoms with Crippen molar-refractivity contribution in [3.05, 3.63) is 28.2 Å². The number of hydrogen-bond donors (Lipinski definition) is 1. The Hall–Kier alpha value is -0.580. The van der Waals surface area contributed by atoms with Gasteiger partial charge < -0.3 is 15.0 Å². The molecule has 2 rings (SSSR count). The minimum Gasteiger partial charge on any atom is -0.377 e. The summed E-state index contributed by atoms with van der Waals surface area (Å²) in [5, 5.41) is 3.36. The van der Waals surface area contributed by atoms with Crippen molar-refractivity contribution in [3.8, 4) is 0 Å².